The summed E-state index contributed by atoms with van der Waals surface area (Å²) in [6, 6.07) is 28.0. The predicted molar refractivity (Wildman–Crippen MR) is 173 cm³/mol. The number of methoxy groups -OCH3 is 1. The molecule has 8 heteroatoms. The second-order valence-electron chi connectivity index (χ2n) is 12.7. The molecule has 3 aromatic carbocycles. The van der Waals surface area contributed by atoms with E-state index in [9.17, 15) is 4.79 Å². The summed E-state index contributed by atoms with van der Waals surface area (Å²) < 4.78 is 12.2. The lowest BCUT2D eigenvalue weighted by atomic mass is 9.85. The van der Waals surface area contributed by atoms with Gasteiger partial charge in [0.05, 0.1) is 24.7 Å². The van der Waals surface area contributed by atoms with Crippen LogP contribution in [0.25, 0.3) is 11.1 Å². The Morgan fingerprint density at radius 2 is 1.67 bits per heavy atom. The fourth-order valence-corrected chi connectivity index (χ4v) is 6.57. The Morgan fingerprint density at radius 3 is 2.42 bits per heavy atom. The normalized spacial score (nSPS) is 19.2. The number of benzene rings is 3. The summed E-state index contributed by atoms with van der Waals surface area (Å²) in [6.45, 7) is 2.86. The quantitative estimate of drug-likeness (QED) is 0.127. The number of unbranched alkanes of at least 4 members (excludes halogenated alkanes) is 1. The van der Waals surface area contributed by atoms with E-state index in [1.807, 2.05) is 11.0 Å². The van der Waals surface area contributed by atoms with E-state index in [1.54, 1.807) is 7.11 Å². The molecule has 2 fully saturated rings. The number of hydrogen-bond donors (Lipinski definition) is 2. The molecule has 242 valence electrons. The van der Waals surface area contributed by atoms with E-state index in [0.717, 1.165) is 45.1 Å². The Bertz CT molecular complexity index is 1350. The summed E-state index contributed by atoms with van der Waals surface area (Å²) in [7, 11) is 1.76. The maximum absolute atomic E-state index is 13.2. The number of aryl methyl sites for hydroxylation is 1. The molecular weight excluding hydrogens is 568 g/mol. The Kier molecular flexibility index (Phi) is 12.2. The third-order valence-corrected chi connectivity index (χ3v) is 9.36. The summed E-state index contributed by atoms with van der Waals surface area (Å²) in [5.74, 6) is 0.305. The minimum atomic E-state index is -0.284. The number of amides is 1. The van der Waals surface area contributed by atoms with Gasteiger partial charge in [-0.1, -0.05) is 78.9 Å². The Balaban J connectivity index is 1.27. The third-order valence-electron chi connectivity index (χ3n) is 9.36. The van der Waals surface area contributed by atoms with Crippen LogP contribution in [-0.2, 0) is 31.9 Å². The van der Waals surface area contributed by atoms with Gasteiger partial charge in [0.15, 0.2) is 0 Å². The van der Waals surface area contributed by atoms with Crippen LogP contribution >= 0.6 is 0 Å². The van der Waals surface area contributed by atoms with Gasteiger partial charge in [0, 0.05) is 39.1 Å². The van der Waals surface area contributed by atoms with Crippen LogP contribution in [0.1, 0.15) is 67.6 Å². The average Bonchev–Trinajstić information content (AvgIpc) is 3.84. The van der Waals surface area contributed by atoms with Crippen molar-refractivity contribution in [3.05, 3.63) is 95.6 Å². The fourth-order valence-electron chi connectivity index (χ4n) is 6.57. The minimum absolute atomic E-state index is 0.0937. The van der Waals surface area contributed by atoms with E-state index in [-0.39, 0.29) is 35.3 Å². The van der Waals surface area contributed by atoms with Crippen molar-refractivity contribution in [1.29, 1.82) is 0 Å². The molecule has 0 aromatic heterocycles. The minimum Gasteiger partial charge on any atom is -0.385 e. The van der Waals surface area contributed by atoms with E-state index in [4.69, 9.17) is 19.9 Å². The molecule has 8 nitrogen and oxygen atoms in total. The van der Waals surface area contributed by atoms with E-state index < -0.39 is 0 Å². The number of carbonyl (C=O) groups excluding carboxylic acids is 1. The lowest BCUT2D eigenvalue weighted by Crippen LogP contribution is -2.47. The van der Waals surface area contributed by atoms with Crippen LogP contribution in [-0.4, -0.2) is 72.7 Å². The first-order valence-corrected chi connectivity index (χ1v) is 16.4. The van der Waals surface area contributed by atoms with Gasteiger partial charge < -0.3 is 14.4 Å². The van der Waals surface area contributed by atoms with E-state index in [2.05, 4.69) is 77.6 Å². The molecular formula is C37H48N2O6. The van der Waals surface area contributed by atoms with Gasteiger partial charge in [-0.05, 0) is 84.6 Å². The highest BCUT2D eigenvalue weighted by molar-refractivity contribution is 5.76. The summed E-state index contributed by atoms with van der Waals surface area (Å²) in [5, 5.41) is 17.2. The van der Waals surface area contributed by atoms with Crippen molar-refractivity contribution in [3.63, 3.8) is 0 Å². The van der Waals surface area contributed by atoms with Crippen molar-refractivity contribution in [2.45, 2.75) is 69.8 Å². The van der Waals surface area contributed by atoms with Crippen molar-refractivity contribution in [3.8, 4) is 11.1 Å². The zero-order chi connectivity index (χ0) is 31.5. The van der Waals surface area contributed by atoms with Gasteiger partial charge >= 0.3 is 0 Å². The zero-order valence-corrected chi connectivity index (χ0v) is 26.5. The van der Waals surface area contributed by atoms with Crippen molar-refractivity contribution < 1.29 is 29.5 Å². The van der Waals surface area contributed by atoms with Crippen LogP contribution < -0.4 is 0 Å². The van der Waals surface area contributed by atoms with Crippen molar-refractivity contribution >= 4 is 5.91 Å². The molecule has 0 radical (unpaired) electrons. The second kappa shape index (κ2) is 16.5. The molecule has 1 aliphatic heterocycles. The molecule has 45 heavy (non-hydrogen) atoms. The first-order chi connectivity index (χ1) is 22.0. The second-order valence-corrected chi connectivity index (χ2v) is 12.7. The Labute approximate surface area is 267 Å². The first kappa shape index (κ1) is 33.3. The molecule has 2 atom stereocenters. The van der Waals surface area contributed by atoms with Gasteiger partial charge in [-0.25, -0.2) is 0 Å². The molecule has 1 amide bonds. The number of rotatable bonds is 17. The first-order valence-electron chi connectivity index (χ1n) is 16.4. The lowest BCUT2D eigenvalue weighted by Gasteiger charge is -2.39. The number of carbonyl (C=O) groups is 1. The van der Waals surface area contributed by atoms with Crippen LogP contribution in [0.4, 0.5) is 0 Å². The van der Waals surface area contributed by atoms with Crippen LogP contribution in [0.3, 0.4) is 0 Å². The largest absolute Gasteiger partial charge is 0.385 e. The molecule has 2 aliphatic rings. The van der Waals surface area contributed by atoms with Gasteiger partial charge in [-0.2, -0.15) is 0 Å². The highest BCUT2D eigenvalue weighted by atomic mass is 17.1. The maximum atomic E-state index is 13.2. The highest BCUT2D eigenvalue weighted by Crippen LogP contribution is 2.50. The van der Waals surface area contributed by atoms with Gasteiger partial charge in [0.1, 0.15) is 0 Å². The molecule has 2 N–H and O–H groups in total. The maximum Gasteiger partial charge on any atom is 0.222 e. The van der Waals surface area contributed by atoms with Gasteiger partial charge in [-0.15, -0.1) is 0 Å². The van der Waals surface area contributed by atoms with E-state index >= 15 is 0 Å². The summed E-state index contributed by atoms with van der Waals surface area (Å²) in [6.07, 6.45) is 7.68. The zero-order valence-electron chi connectivity index (χ0n) is 26.5. The number of ether oxygens (including phenoxy) is 2. The molecule has 1 saturated heterocycles. The number of hydrogen-bond acceptors (Lipinski definition) is 7. The SMILES string of the molecule is COCCCc1ccccc1CC1(COC2CN(C(=O)CCCCON(O)O)CC[C@@H]2c2cccc(-c3ccccc3)c2)CC1. The molecule has 1 unspecified atom stereocenters. The van der Waals surface area contributed by atoms with Gasteiger partial charge in [-0.3, -0.25) is 20.0 Å². The molecule has 5 rings (SSSR count). The monoisotopic (exact) mass is 616 g/mol. The predicted octanol–water partition coefficient (Wildman–Crippen LogP) is 6.84. The smallest absolute Gasteiger partial charge is 0.222 e. The fraction of sp³-hybridized carbons (Fsp3) is 0.486. The summed E-state index contributed by atoms with van der Waals surface area (Å²) in [5.41, 5.74) is 6.61. The number of likely N-dealkylation sites (tertiary alicyclic amines) is 1. The van der Waals surface area contributed by atoms with Gasteiger partial charge in [0.25, 0.3) is 0 Å². The molecule has 1 aliphatic carbocycles. The van der Waals surface area contributed by atoms with Crippen molar-refractivity contribution in [1.82, 2.24) is 10.3 Å². The summed E-state index contributed by atoms with van der Waals surface area (Å²) in [4.78, 5) is 19.8. The molecule has 0 spiro atoms. The third kappa shape index (κ3) is 9.69. The van der Waals surface area contributed by atoms with Crippen LogP contribution in [0.2, 0.25) is 0 Å². The molecule has 3 aromatic rings. The lowest BCUT2D eigenvalue weighted by molar-refractivity contribution is -0.492. The number of piperidine rings is 1. The van der Waals surface area contributed by atoms with Crippen molar-refractivity contribution in [2.75, 3.05) is 40.0 Å². The molecule has 0 bridgehead atoms. The van der Waals surface area contributed by atoms with Crippen LogP contribution in [0, 0.1) is 5.41 Å². The standard InChI is InChI=1S/C37H48N2O6/c1-43-23-10-17-30-13-5-6-14-33(30)26-37(20-21-37)28-44-35-27-38(36(40)18-7-8-24-45-39(41)42)22-19-34(35)32-16-9-15-31(25-32)29-11-3-2-4-12-29/h2-6,9,11-16,25,34-35,41-42H,7-8,10,17-24,26-28H2,1H3/t34-,35?/m1/s1. The van der Waals surface area contributed by atoms with Gasteiger partial charge in [0.2, 0.25) is 5.91 Å². The summed E-state index contributed by atoms with van der Waals surface area (Å²) >= 11 is 0. The number of nitrogens with zero attached hydrogens (tertiary/aromatic N) is 2. The average molecular weight is 617 g/mol. The van der Waals surface area contributed by atoms with Crippen LogP contribution in [0.5, 0.6) is 0 Å². The van der Waals surface area contributed by atoms with E-state index in [1.165, 1.54) is 27.8 Å². The van der Waals surface area contributed by atoms with E-state index in [0.29, 0.717) is 39.0 Å². The highest BCUT2D eigenvalue weighted by Gasteiger charge is 2.45. The van der Waals surface area contributed by atoms with Crippen LogP contribution in [0.15, 0.2) is 78.9 Å². The Hall–Kier alpha value is -3.11. The van der Waals surface area contributed by atoms with Crippen molar-refractivity contribution in [2.24, 2.45) is 5.41 Å². The molecule has 1 saturated carbocycles. The molecule has 1 heterocycles. The Morgan fingerprint density at radius 1 is 0.911 bits per heavy atom. The topological polar surface area (TPSA) is 91.7 Å².